The Labute approximate surface area is 218 Å². The van der Waals surface area contributed by atoms with E-state index in [1.165, 1.54) is 21.3 Å². The van der Waals surface area contributed by atoms with Crippen LogP contribution in [0, 0.1) is 11.8 Å². The van der Waals surface area contributed by atoms with Crippen LogP contribution < -0.4 is 14.5 Å². The van der Waals surface area contributed by atoms with Crippen LogP contribution in [0.4, 0.5) is 11.4 Å². The highest BCUT2D eigenvalue weighted by Gasteiger charge is 2.35. The minimum Gasteiger partial charge on any atom is -0.482 e. The maximum atomic E-state index is 13.5. The fourth-order valence-corrected chi connectivity index (χ4v) is 7.26. The molecule has 0 aromatic heterocycles. The molecule has 0 N–H and O–H groups in total. The smallest absolute Gasteiger partial charge is 0.265 e. The molecule has 2 amide bonds. The molecule has 3 heterocycles. The summed E-state index contributed by atoms with van der Waals surface area (Å²) in [6.45, 7) is 7.24. The summed E-state index contributed by atoms with van der Waals surface area (Å²) in [5, 5.41) is 0. The van der Waals surface area contributed by atoms with Gasteiger partial charge in [0.05, 0.1) is 10.6 Å². The molecule has 0 saturated carbocycles. The average Bonchev–Trinajstić information content (AvgIpc) is 2.90. The van der Waals surface area contributed by atoms with Crippen molar-refractivity contribution >= 4 is 33.2 Å². The molecule has 0 aliphatic carbocycles. The molecule has 10 heteroatoms. The van der Waals surface area contributed by atoms with Crippen molar-refractivity contribution in [2.24, 2.45) is 11.8 Å². The minimum absolute atomic E-state index is 0.111. The Morgan fingerprint density at radius 1 is 0.973 bits per heavy atom. The molecule has 9 nitrogen and oxygen atoms in total. The largest absolute Gasteiger partial charge is 0.482 e. The van der Waals surface area contributed by atoms with E-state index in [9.17, 15) is 18.0 Å². The van der Waals surface area contributed by atoms with E-state index >= 15 is 0 Å². The van der Waals surface area contributed by atoms with Crippen molar-refractivity contribution in [3.8, 4) is 5.75 Å². The Morgan fingerprint density at radius 3 is 2.32 bits per heavy atom. The van der Waals surface area contributed by atoms with E-state index in [2.05, 4.69) is 30.9 Å². The van der Waals surface area contributed by atoms with E-state index in [-0.39, 0.29) is 41.7 Å². The molecule has 37 heavy (non-hydrogen) atoms. The molecule has 5 rings (SSSR count). The number of hydrogen-bond donors (Lipinski definition) is 0. The van der Waals surface area contributed by atoms with Gasteiger partial charge < -0.3 is 14.5 Å². The van der Waals surface area contributed by atoms with Gasteiger partial charge in [0, 0.05) is 45.0 Å². The van der Waals surface area contributed by atoms with Crippen molar-refractivity contribution < 1.29 is 22.7 Å². The van der Waals surface area contributed by atoms with Crippen molar-refractivity contribution in [3.63, 3.8) is 0 Å². The summed E-state index contributed by atoms with van der Waals surface area (Å²) in [5.41, 5.74) is 1.45. The van der Waals surface area contributed by atoms with Crippen LogP contribution in [0.15, 0.2) is 53.4 Å². The van der Waals surface area contributed by atoms with Gasteiger partial charge in [0.15, 0.2) is 6.61 Å². The van der Waals surface area contributed by atoms with Crippen molar-refractivity contribution in [2.75, 3.05) is 62.2 Å². The molecule has 0 bridgehead atoms. The number of anilines is 2. The van der Waals surface area contributed by atoms with E-state index in [4.69, 9.17) is 4.74 Å². The molecule has 2 aromatic rings. The second-order valence-electron chi connectivity index (χ2n) is 10.4. The number of amides is 2. The molecule has 2 fully saturated rings. The van der Waals surface area contributed by atoms with E-state index in [0.29, 0.717) is 50.7 Å². The van der Waals surface area contributed by atoms with Gasteiger partial charge in [-0.1, -0.05) is 32.0 Å². The zero-order valence-corrected chi connectivity index (χ0v) is 22.2. The van der Waals surface area contributed by atoms with Crippen LogP contribution in [-0.2, 0) is 19.6 Å². The number of nitrogens with zero attached hydrogens (tertiary/aromatic N) is 4. The van der Waals surface area contributed by atoms with E-state index in [1.54, 1.807) is 11.0 Å². The first-order chi connectivity index (χ1) is 17.7. The lowest BCUT2D eigenvalue weighted by molar-refractivity contribution is -0.132. The van der Waals surface area contributed by atoms with Crippen LogP contribution in [0.5, 0.6) is 5.75 Å². The zero-order chi connectivity index (χ0) is 26.2. The topological polar surface area (TPSA) is 90.5 Å². The Morgan fingerprint density at radius 2 is 1.65 bits per heavy atom. The highest BCUT2D eigenvalue weighted by atomic mass is 32.2. The maximum Gasteiger partial charge on any atom is 0.265 e. The number of fused-ring (bicyclic) bond motifs is 1. The van der Waals surface area contributed by atoms with E-state index in [1.807, 2.05) is 18.2 Å². The number of carbonyl (C=O) groups excluding carboxylic acids is 2. The van der Waals surface area contributed by atoms with Crippen molar-refractivity contribution in [1.29, 1.82) is 0 Å². The van der Waals surface area contributed by atoms with Gasteiger partial charge in [-0.25, -0.2) is 8.42 Å². The standard InChI is InChI=1S/C27H34N4O5S/c1-20-14-21(2)17-30(16-20)37(34,35)23-8-9-25-24(15-23)31(27(33)19-36-25)18-26(32)29-12-10-28(11-13-29)22-6-4-3-5-7-22/h3-9,15,20-21H,10-14,16-19H2,1-2H3. The third kappa shape index (κ3) is 5.31. The number of sulfonamides is 1. The van der Waals surface area contributed by atoms with Gasteiger partial charge in [-0.2, -0.15) is 4.31 Å². The quantitative estimate of drug-likeness (QED) is 0.595. The molecule has 2 unspecified atom stereocenters. The summed E-state index contributed by atoms with van der Waals surface area (Å²) in [4.78, 5) is 31.5. The second-order valence-corrected chi connectivity index (χ2v) is 12.3. The first-order valence-electron chi connectivity index (χ1n) is 12.9. The first kappa shape index (κ1) is 25.5. The highest BCUT2D eigenvalue weighted by molar-refractivity contribution is 7.89. The van der Waals surface area contributed by atoms with Crippen molar-refractivity contribution in [1.82, 2.24) is 9.21 Å². The Hall–Kier alpha value is -3.11. The minimum atomic E-state index is -3.74. The van der Waals surface area contributed by atoms with Gasteiger partial charge in [-0.3, -0.25) is 14.5 Å². The SMILES string of the molecule is CC1CC(C)CN(S(=O)(=O)c2ccc3c(c2)N(CC(=O)N2CCN(c4ccccc4)CC2)C(=O)CO3)C1. The predicted molar refractivity (Wildman–Crippen MR) is 141 cm³/mol. The van der Waals surface area contributed by atoms with Crippen LogP contribution in [0.1, 0.15) is 20.3 Å². The molecule has 2 aromatic carbocycles. The average molecular weight is 527 g/mol. The van der Waals surface area contributed by atoms with Crippen molar-refractivity contribution in [3.05, 3.63) is 48.5 Å². The lowest BCUT2D eigenvalue weighted by Crippen LogP contribution is -2.53. The third-order valence-electron chi connectivity index (χ3n) is 7.39. The fraction of sp³-hybridized carbons (Fsp3) is 0.481. The lowest BCUT2D eigenvalue weighted by Gasteiger charge is -2.37. The van der Waals surface area contributed by atoms with Crippen LogP contribution >= 0.6 is 0 Å². The van der Waals surface area contributed by atoms with Gasteiger partial charge in [0.1, 0.15) is 12.3 Å². The lowest BCUT2D eigenvalue weighted by atomic mass is 9.94. The maximum absolute atomic E-state index is 13.5. The van der Waals surface area contributed by atoms with E-state index < -0.39 is 10.0 Å². The van der Waals surface area contributed by atoms with Gasteiger partial charge >= 0.3 is 0 Å². The predicted octanol–water partition coefficient (Wildman–Crippen LogP) is 2.43. The van der Waals surface area contributed by atoms with Gasteiger partial charge in [0.2, 0.25) is 15.9 Å². The Bertz CT molecular complexity index is 1250. The van der Waals surface area contributed by atoms with Crippen LogP contribution in [0.3, 0.4) is 0 Å². The molecule has 2 saturated heterocycles. The molecule has 2 atom stereocenters. The number of carbonyl (C=O) groups is 2. The first-order valence-corrected chi connectivity index (χ1v) is 14.3. The number of para-hydroxylation sites is 1. The van der Waals surface area contributed by atoms with E-state index in [0.717, 1.165) is 12.1 Å². The van der Waals surface area contributed by atoms with Gasteiger partial charge in [0.25, 0.3) is 5.91 Å². The number of piperazine rings is 1. The van der Waals surface area contributed by atoms with Gasteiger partial charge in [-0.05, 0) is 48.6 Å². The summed E-state index contributed by atoms with van der Waals surface area (Å²) < 4.78 is 34.0. The summed E-state index contributed by atoms with van der Waals surface area (Å²) in [6, 6.07) is 14.7. The zero-order valence-electron chi connectivity index (χ0n) is 21.4. The number of benzene rings is 2. The molecular formula is C27H34N4O5S. The van der Waals surface area contributed by atoms with Crippen molar-refractivity contribution in [2.45, 2.75) is 25.2 Å². The number of piperidine rings is 1. The van der Waals surface area contributed by atoms with Crippen LogP contribution in [0.25, 0.3) is 0 Å². The summed E-state index contributed by atoms with van der Waals surface area (Å²) in [6.07, 6.45) is 0.994. The summed E-state index contributed by atoms with van der Waals surface area (Å²) in [5.74, 6) is 0.426. The van der Waals surface area contributed by atoms with Gasteiger partial charge in [-0.15, -0.1) is 0 Å². The van der Waals surface area contributed by atoms with Crippen LogP contribution in [0.2, 0.25) is 0 Å². The monoisotopic (exact) mass is 526 g/mol. The Kier molecular flexibility index (Phi) is 7.13. The molecule has 0 spiro atoms. The van der Waals surface area contributed by atoms with Crippen LogP contribution in [-0.4, -0.2) is 81.9 Å². The summed E-state index contributed by atoms with van der Waals surface area (Å²) >= 11 is 0. The number of rotatable bonds is 5. The molecule has 3 aliphatic rings. The fourth-order valence-electron chi connectivity index (χ4n) is 5.55. The third-order valence-corrected chi connectivity index (χ3v) is 9.22. The normalized spacial score (nSPS) is 23.0. The molecule has 0 radical (unpaired) electrons. The second kappa shape index (κ2) is 10.3. The molecule has 198 valence electrons. The number of hydrogen-bond acceptors (Lipinski definition) is 6. The molecule has 3 aliphatic heterocycles. The summed E-state index contributed by atoms with van der Waals surface area (Å²) in [7, 11) is -3.74. The highest BCUT2D eigenvalue weighted by Crippen LogP contribution is 2.36. The molecular weight excluding hydrogens is 492 g/mol. The Balaban J connectivity index is 1.31. The number of ether oxygens (including phenoxy) is 1.